The molecule has 0 radical (unpaired) electrons. The predicted molar refractivity (Wildman–Crippen MR) is 96.6 cm³/mol. The molecule has 1 aliphatic heterocycles. The molecule has 1 saturated heterocycles. The van der Waals surface area contributed by atoms with E-state index >= 15 is 0 Å². The van der Waals surface area contributed by atoms with E-state index in [1.165, 1.54) is 6.08 Å². The third-order valence-electron chi connectivity index (χ3n) is 3.76. The minimum atomic E-state index is -0.811. The van der Waals surface area contributed by atoms with Crippen LogP contribution in [-0.4, -0.2) is 17.8 Å². The Balaban J connectivity index is 2.05. The largest absolute Gasteiger partial charge is 0.335 e. The van der Waals surface area contributed by atoms with Gasteiger partial charge >= 0.3 is 6.03 Å². The summed E-state index contributed by atoms with van der Waals surface area (Å²) in [4.78, 5) is 38.0. The van der Waals surface area contributed by atoms with Gasteiger partial charge in [0.25, 0.3) is 11.8 Å². The van der Waals surface area contributed by atoms with Crippen LogP contribution in [0.3, 0.4) is 0 Å². The molecule has 1 heterocycles. The number of hydrogen-bond donors (Lipinski definition) is 1. The topological polar surface area (TPSA) is 66.5 Å². The highest BCUT2D eigenvalue weighted by molar-refractivity contribution is 6.40. The van der Waals surface area contributed by atoms with E-state index < -0.39 is 17.8 Å². The Morgan fingerprint density at radius 2 is 1.68 bits per heavy atom. The van der Waals surface area contributed by atoms with Crippen molar-refractivity contribution in [2.45, 2.75) is 6.92 Å². The first-order chi connectivity index (χ1) is 11.9. The summed E-state index contributed by atoms with van der Waals surface area (Å²) >= 11 is 11.9. The maximum absolute atomic E-state index is 12.8. The van der Waals surface area contributed by atoms with Gasteiger partial charge in [0, 0.05) is 10.0 Å². The zero-order valence-electron chi connectivity index (χ0n) is 13.0. The van der Waals surface area contributed by atoms with Crippen molar-refractivity contribution in [3.8, 4) is 0 Å². The number of imide groups is 2. The molecule has 25 heavy (non-hydrogen) atoms. The SMILES string of the molecule is Cc1c(Cl)cccc1N1C(=O)NC(=O)/C(=C\c2ccc(Cl)cc2)C1=O. The Kier molecular flexibility index (Phi) is 4.61. The maximum atomic E-state index is 12.8. The second-order valence-corrected chi connectivity index (χ2v) is 6.24. The number of carbonyl (C=O) groups is 3. The number of amides is 4. The number of barbiturate groups is 1. The van der Waals surface area contributed by atoms with Gasteiger partial charge < -0.3 is 0 Å². The van der Waals surface area contributed by atoms with E-state index in [0.717, 1.165) is 4.90 Å². The summed E-state index contributed by atoms with van der Waals surface area (Å²) in [5, 5.41) is 3.13. The lowest BCUT2D eigenvalue weighted by Gasteiger charge is -2.27. The molecular weight excluding hydrogens is 363 g/mol. The molecule has 1 fully saturated rings. The van der Waals surface area contributed by atoms with Crippen LogP contribution in [0.15, 0.2) is 48.0 Å². The first-order valence-electron chi connectivity index (χ1n) is 7.30. The van der Waals surface area contributed by atoms with Crippen LogP contribution in [0.4, 0.5) is 10.5 Å². The number of benzene rings is 2. The maximum Gasteiger partial charge on any atom is 0.335 e. The van der Waals surface area contributed by atoms with Crippen molar-refractivity contribution in [1.29, 1.82) is 0 Å². The molecular formula is C18H12Cl2N2O3. The molecule has 126 valence electrons. The fourth-order valence-corrected chi connectivity index (χ4v) is 2.74. The van der Waals surface area contributed by atoms with Gasteiger partial charge in [-0.2, -0.15) is 0 Å². The lowest BCUT2D eigenvalue weighted by molar-refractivity contribution is -0.122. The Hall–Kier alpha value is -2.63. The molecule has 2 aromatic carbocycles. The highest BCUT2D eigenvalue weighted by Crippen LogP contribution is 2.29. The lowest BCUT2D eigenvalue weighted by Crippen LogP contribution is -2.54. The van der Waals surface area contributed by atoms with Gasteiger partial charge in [0.15, 0.2) is 0 Å². The van der Waals surface area contributed by atoms with Crippen LogP contribution < -0.4 is 10.2 Å². The van der Waals surface area contributed by atoms with Crippen molar-refractivity contribution in [1.82, 2.24) is 5.32 Å². The molecule has 1 aliphatic rings. The van der Waals surface area contributed by atoms with Gasteiger partial charge in [-0.05, 0) is 48.4 Å². The summed E-state index contributed by atoms with van der Waals surface area (Å²) < 4.78 is 0. The van der Waals surface area contributed by atoms with E-state index in [-0.39, 0.29) is 5.57 Å². The van der Waals surface area contributed by atoms with Crippen molar-refractivity contribution in [2.75, 3.05) is 4.90 Å². The van der Waals surface area contributed by atoms with Gasteiger partial charge in [0.1, 0.15) is 5.57 Å². The molecule has 0 atom stereocenters. The van der Waals surface area contributed by atoms with Crippen LogP contribution in [-0.2, 0) is 9.59 Å². The number of carbonyl (C=O) groups excluding carboxylic acids is 3. The molecule has 4 amide bonds. The van der Waals surface area contributed by atoms with E-state index in [0.29, 0.717) is 26.9 Å². The standard InChI is InChI=1S/C18H12Cl2N2O3/c1-10-14(20)3-2-4-15(10)22-17(24)13(16(23)21-18(22)25)9-11-5-7-12(19)8-6-11/h2-9H,1H3,(H,21,23,25)/b13-9+. The van der Waals surface area contributed by atoms with Gasteiger partial charge in [0.2, 0.25) is 0 Å². The highest BCUT2D eigenvalue weighted by atomic mass is 35.5. The van der Waals surface area contributed by atoms with Crippen molar-refractivity contribution >= 4 is 52.8 Å². The summed E-state index contributed by atoms with van der Waals surface area (Å²) in [5.74, 6) is -1.46. The van der Waals surface area contributed by atoms with E-state index in [1.807, 2.05) is 0 Å². The van der Waals surface area contributed by atoms with Gasteiger partial charge in [0.05, 0.1) is 5.69 Å². The van der Waals surface area contributed by atoms with Crippen LogP contribution in [0.2, 0.25) is 10.0 Å². The molecule has 7 heteroatoms. The quantitative estimate of drug-likeness (QED) is 0.638. The third kappa shape index (κ3) is 3.29. The van der Waals surface area contributed by atoms with E-state index in [2.05, 4.69) is 5.32 Å². The van der Waals surface area contributed by atoms with Gasteiger partial charge in [-0.3, -0.25) is 14.9 Å². The second-order valence-electron chi connectivity index (χ2n) is 5.39. The molecule has 0 saturated carbocycles. The third-order valence-corrected chi connectivity index (χ3v) is 4.42. The Morgan fingerprint density at radius 1 is 1.00 bits per heavy atom. The summed E-state index contributed by atoms with van der Waals surface area (Å²) in [5.41, 5.74) is 1.35. The number of nitrogens with zero attached hydrogens (tertiary/aromatic N) is 1. The molecule has 5 nitrogen and oxygen atoms in total. The number of anilines is 1. The molecule has 0 aliphatic carbocycles. The number of nitrogens with one attached hydrogen (secondary N) is 1. The number of rotatable bonds is 2. The van der Waals surface area contributed by atoms with Crippen LogP contribution >= 0.6 is 23.2 Å². The molecule has 0 unspecified atom stereocenters. The Labute approximate surface area is 153 Å². The first kappa shape index (κ1) is 17.2. The summed E-state index contributed by atoms with van der Waals surface area (Å²) in [6.07, 6.45) is 1.41. The van der Waals surface area contributed by atoms with E-state index in [9.17, 15) is 14.4 Å². The molecule has 1 N–H and O–H groups in total. The molecule has 0 aromatic heterocycles. The van der Waals surface area contributed by atoms with Crippen molar-refractivity contribution in [3.05, 3.63) is 69.2 Å². The first-order valence-corrected chi connectivity index (χ1v) is 8.06. The van der Waals surface area contributed by atoms with Gasteiger partial charge in [-0.15, -0.1) is 0 Å². The zero-order valence-corrected chi connectivity index (χ0v) is 14.6. The lowest BCUT2D eigenvalue weighted by atomic mass is 10.1. The van der Waals surface area contributed by atoms with Crippen LogP contribution in [0.5, 0.6) is 0 Å². The second kappa shape index (κ2) is 6.70. The molecule has 0 spiro atoms. The number of urea groups is 1. The fraction of sp³-hybridized carbons (Fsp3) is 0.0556. The molecule has 3 rings (SSSR count). The van der Waals surface area contributed by atoms with Crippen LogP contribution in [0.1, 0.15) is 11.1 Å². The van der Waals surface area contributed by atoms with Crippen molar-refractivity contribution in [2.24, 2.45) is 0 Å². The minimum Gasteiger partial charge on any atom is -0.273 e. The summed E-state index contributed by atoms with van der Waals surface area (Å²) in [6.45, 7) is 1.69. The zero-order chi connectivity index (χ0) is 18.1. The highest BCUT2D eigenvalue weighted by Gasteiger charge is 2.37. The number of hydrogen-bond acceptors (Lipinski definition) is 3. The van der Waals surface area contributed by atoms with Gasteiger partial charge in [-0.25, -0.2) is 9.69 Å². The molecule has 0 bridgehead atoms. The Bertz CT molecular complexity index is 920. The van der Waals surface area contributed by atoms with E-state index in [1.54, 1.807) is 49.4 Å². The van der Waals surface area contributed by atoms with Gasteiger partial charge in [-0.1, -0.05) is 41.4 Å². The average molecular weight is 375 g/mol. The summed E-state index contributed by atoms with van der Waals surface area (Å²) in [6, 6.07) is 10.7. The Morgan fingerprint density at radius 3 is 2.36 bits per heavy atom. The predicted octanol–water partition coefficient (Wildman–Crippen LogP) is 3.97. The normalized spacial score (nSPS) is 16.4. The van der Waals surface area contributed by atoms with Crippen molar-refractivity contribution < 1.29 is 14.4 Å². The molecule has 2 aromatic rings. The summed E-state index contributed by atoms with van der Waals surface area (Å²) in [7, 11) is 0. The monoisotopic (exact) mass is 374 g/mol. The fourth-order valence-electron chi connectivity index (χ4n) is 2.44. The van der Waals surface area contributed by atoms with Crippen LogP contribution in [0.25, 0.3) is 6.08 Å². The number of halogens is 2. The smallest absolute Gasteiger partial charge is 0.273 e. The van der Waals surface area contributed by atoms with Crippen molar-refractivity contribution in [3.63, 3.8) is 0 Å². The van der Waals surface area contributed by atoms with E-state index in [4.69, 9.17) is 23.2 Å². The van der Waals surface area contributed by atoms with Crippen LogP contribution in [0, 0.1) is 6.92 Å². The average Bonchev–Trinajstić information content (AvgIpc) is 2.57. The minimum absolute atomic E-state index is 0.152.